The molecule has 0 atom stereocenters. The monoisotopic (exact) mass is 690 g/mol. The largest absolute Gasteiger partial charge is 0.461 e. The highest BCUT2D eigenvalue weighted by Crippen LogP contribution is 2.37. The zero-order valence-corrected chi connectivity index (χ0v) is 30.2. The van der Waals surface area contributed by atoms with Crippen molar-refractivity contribution in [3.05, 3.63) is 110 Å². The van der Waals surface area contributed by atoms with Gasteiger partial charge in [-0.3, -0.25) is 19.2 Å². The van der Waals surface area contributed by atoms with Gasteiger partial charge in [-0.1, -0.05) is 44.9 Å². The van der Waals surface area contributed by atoms with Crippen molar-refractivity contribution in [2.45, 2.75) is 73.3 Å². The van der Waals surface area contributed by atoms with Gasteiger partial charge in [-0.25, -0.2) is 4.99 Å². The maximum absolute atomic E-state index is 13.4. The van der Waals surface area contributed by atoms with Crippen LogP contribution < -0.4 is 10.7 Å². The average Bonchev–Trinajstić information content (AvgIpc) is 3.65. The van der Waals surface area contributed by atoms with Crippen LogP contribution in [0.4, 0.5) is 0 Å². The lowest BCUT2D eigenvalue weighted by molar-refractivity contribution is -0.143. The van der Waals surface area contributed by atoms with Crippen LogP contribution in [0.2, 0.25) is 0 Å². The summed E-state index contributed by atoms with van der Waals surface area (Å²) in [5.41, 5.74) is 10.1. The van der Waals surface area contributed by atoms with E-state index in [1.165, 1.54) is 6.08 Å². The lowest BCUT2D eigenvalue weighted by atomic mass is 10.0. The summed E-state index contributed by atoms with van der Waals surface area (Å²) >= 11 is 0. The summed E-state index contributed by atoms with van der Waals surface area (Å²) in [6.45, 7) is 22.2. The highest BCUT2D eigenvalue weighted by Gasteiger charge is 2.34. The lowest BCUT2D eigenvalue weighted by Gasteiger charge is -2.18. The highest BCUT2D eigenvalue weighted by atomic mass is 16.5. The number of H-pyrrole nitrogens is 1. The maximum atomic E-state index is 13.4. The summed E-state index contributed by atoms with van der Waals surface area (Å²) in [4.78, 5) is 60.8. The van der Waals surface area contributed by atoms with Gasteiger partial charge >= 0.3 is 11.9 Å². The first-order valence-electron chi connectivity index (χ1n) is 17.3. The van der Waals surface area contributed by atoms with E-state index in [0.29, 0.717) is 49.2 Å². The number of fused-ring (bicyclic) bond motifs is 2. The molecule has 10 heteroatoms. The fraction of sp³-hybridized carbons (Fsp3) is 0.341. The van der Waals surface area contributed by atoms with Gasteiger partial charge in [0.05, 0.1) is 5.71 Å². The molecule has 3 aliphatic rings. The molecule has 5 heterocycles. The smallest absolute Gasteiger partial charge is 0.306 e. The van der Waals surface area contributed by atoms with Crippen molar-refractivity contribution in [3.63, 3.8) is 0 Å². The first-order valence-corrected chi connectivity index (χ1v) is 17.3. The average molecular weight is 691 g/mol. The van der Waals surface area contributed by atoms with Crippen molar-refractivity contribution in [1.29, 1.82) is 0 Å². The molecule has 0 radical (unpaired) electrons. The normalized spacial score (nSPS) is 16.3. The first kappa shape index (κ1) is 36.8. The zero-order valence-electron chi connectivity index (χ0n) is 30.2. The molecule has 5 rings (SSSR count). The number of allylic oxidation sites excluding steroid dienone is 3. The highest BCUT2D eigenvalue weighted by molar-refractivity contribution is 6.32. The number of hydrogen-bond acceptors (Lipinski definition) is 6. The van der Waals surface area contributed by atoms with Crippen molar-refractivity contribution in [2.24, 2.45) is 4.99 Å². The Hall–Kier alpha value is -5.51. The number of nitrogens with zero attached hydrogens (tertiary/aromatic N) is 3. The van der Waals surface area contributed by atoms with Gasteiger partial charge in [-0.05, 0) is 93.0 Å². The molecule has 1 N–H and O–H groups in total. The molecule has 10 nitrogen and oxygen atoms in total. The van der Waals surface area contributed by atoms with Crippen LogP contribution in [0.15, 0.2) is 70.9 Å². The number of nitrogens with one attached hydrogen (secondary N) is 1. The molecule has 0 bridgehead atoms. The number of ether oxygens (including phenoxy) is 2. The van der Waals surface area contributed by atoms with E-state index < -0.39 is 0 Å². The molecule has 0 fully saturated rings. The number of amides is 2. The Bertz CT molecular complexity index is 2110. The van der Waals surface area contributed by atoms with Gasteiger partial charge in [0.15, 0.2) is 0 Å². The van der Waals surface area contributed by atoms with Gasteiger partial charge < -0.3 is 23.9 Å². The third-order valence-corrected chi connectivity index (χ3v) is 9.86. The van der Waals surface area contributed by atoms with E-state index in [2.05, 4.69) is 46.4 Å². The van der Waals surface area contributed by atoms with Crippen LogP contribution in [0.25, 0.3) is 18.2 Å². The van der Waals surface area contributed by atoms with Crippen molar-refractivity contribution in [2.75, 3.05) is 19.8 Å². The van der Waals surface area contributed by atoms with Crippen LogP contribution in [-0.4, -0.2) is 63.7 Å². The lowest BCUT2D eigenvalue weighted by Crippen LogP contribution is -2.28. The van der Waals surface area contributed by atoms with Gasteiger partial charge in [0, 0.05) is 70.4 Å². The van der Waals surface area contributed by atoms with Crippen molar-refractivity contribution < 1.29 is 28.7 Å². The minimum absolute atomic E-state index is 0.0441. The first-order chi connectivity index (χ1) is 24.4. The number of aliphatic imine (C=N–C) groups is 1. The Labute approximate surface area is 298 Å². The molecule has 0 saturated heterocycles. The Kier molecular flexibility index (Phi) is 11.2. The van der Waals surface area contributed by atoms with E-state index >= 15 is 0 Å². The predicted octanol–water partition coefficient (Wildman–Crippen LogP) is 4.77. The van der Waals surface area contributed by atoms with Crippen molar-refractivity contribution in [1.82, 2.24) is 14.5 Å². The van der Waals surface area contributed by atoms with Gasteiger partial charge in [-0.15, -0.1) is 0 Å². The van der Waals surface area contributed by atoms with Gasteiger partial charge in [0.1, 0.15) is 13.2 Å². The van der Waals surface area contributed by atoms with E-state index in [1.807, 2.05) is 38.7 Å². The number of carbonyl (C=O) groups excluding carboxylic acids is 4. The second-order valence-corrected chi connectivity index (χ2v) is 12.8. The maximum Gasteiger partial charge on any atom is 0.306 e. The molecule has 0 spiro atoms. The summed E-state index contributed by atoms with van der Waals surface area (Å²) in [7, 11) is 0. The van der Waals surface area contributed by atoms with E-state index in [1.54, 1.807) is 19.1 Å². The molecule has 0 unspecified atom stereocenters. The number of aromatic nitrogens is 2. The predicted molar refractivity (Wildman–Crippen MR) is 199 cm³/mol. The standard InChI is InChI=1S/C41H46N4O6/c1-9-19-50-38(46)15-13-30-24(5)32(21-33-28(11-3)27(8)40(48)43-33)42-34(30)22-37-31(14-16-39(47)51-20-10-2)26(7)35-23-36-25(6)29(12-4)41(49)45(36)18-17-44(35)37/h9-11,21-23,42H,1-3,12-20H2,4-8H3/b32-21+,34-22-. The number of esters is 2. The Morgan fingerprint density at radius 3 is 2.14 bits per heavy atom. The Morgan fingerprint density at radius 1 is 0.882 bits per heavy atom. The van der Waals surface area contributed by atoms with Crippen molar-refractivity contribution >= 4 is 47.7 Å². The number of aromatic amines is 1. The van der Waals surface area contributed by atoms with Crippen LogP contribution >= 0.6 is 0 Å². The number of carbonyl (C=O) groups is 4. The molecule has 51 heavy (non-hydrogen) atoms. The van der Waals surface area contributed by atoms with Crippen LogP contribution in [-0.2, 0) is 48.0 Å². The molecule has 0 aliphatic carbocycles. The van der Waals surface area contributed by atoms with Crippen LogP contribution in [0, 0.1) is 13.8 Å². The molecule has 2 aromatic rings. The van der Waals surface area contributed by atoms with Crippen LogP contribution in [0.5, 0.6) is 0 Å². The number of hydrogen-bond donors (Lipinski definition) is 1. The molecule has 266 valence electrons. The second kappa shape index (κ2) is 15.6. The van der Waals surface area contributed by atoms with Crippen LogP contribution in [0.1, 0.15) is 73.7 Å². The summed E-state index contributed by atoms with van der Waals surface area (Å²) < 4.78 is 12.8. The van der Waals surface area contributed by atoms with E-state index in [4.69, 9.17) is 9.47 Å². The molecule has 3 aliphatic heterocycles. The van der Waals surface area contributed by atoms with Crippen LogP contribution in [0.3, 0.4) is 0 Å². The molecule has 2 aromatic heterocycles. The van der Waals surface area contributed by atoms with E-state index in [0.717, 1.165) is 61.2 Å². The summed E-state index contributed by atoms with van der Waals surface area (Å²) in [5, 5.41) is 1.51. The van der Waals surface area contributed by atoms with E-state index in [9.17, 15) is 19.2 Å². The fourth-order valence-corrected chi connectivity index (χ4v) is 7.07. The Balaban J connectivity index is 1.71. The molecular formula is C41H46N4O6. The van der Waals surface area contributed by atoms with E-state index in [-0.39, 0.29) is 49.8 Å². The minimum atomic E-state index is -0.344. The fourth-order valence-electron chi connectivity index (χ4n) is 7.07. The molecule has 2 amide bonds. The third-order valence-electron chi connectivity index (χ3n) is 9.86. The molecular weight excluding hydrogens is 644 g/mol. The van der Waals surface area contributed by atoms with Gasteiger partial charge in [0.25, 0.3) is 11.8 Å². The second-order valence-electron chi connectivity index (χ2n) is 12.8. The summed E-state index contributed by atoms with van der Waals surface area (Å²) in [5.74, 6) is -0.923. The molecule has 0 aromatic carbocycles. The minimum Gasteiger partial charge on any atom is -0.461 e. The molecule has 0 saturated carbocycles. The third kappa shape index (κ3) is 7.22. The van der Waals surface area contributed by atoms with Gasteiger partial charge in [0.2, 0.25) is 0 Å². The topological polar surface area (TPSA) is 123 Å². The van der Waals surface area contributed by atoms with Gasteiger partial charge in [-0.2, -0.15) is 0 Å². The quantitative estimate of drug-likeness (QED) is 0.225. The number of rotatable bonds is 14. The SMILES string of the molecule is C=CCOC(=O)CCc1c(C)c2n(c1/C=c1\[nH]/c(=C/C3=NC(=O)C(C)=C3C=C)c(C)c1CCC(=O)OCC=C)CCN1C(=O)C(CC)=C(C)C1=C2. The zero-order chi connectivity index (χ0) is 37.0. The van der Waals surface area contributed by atoms with Crippen molar-refractivity contribution in [3.8, 4) is 0 Å². The Morgan fingerprint density at radius 2 is 1.53 bits per heavy atom. The summed E-state index contributed by atoms with van der Waals surface area (Å²) in [6, 6.07) is 0. The summed E-state index contributed by atoms with van der Waals surface area (Å²) in [6.07, 6.45) is 12.5.